The molecule has 3 N–H and O–H groups in total. The van der Waals surface area contributed by atoms with Crippen LogP contribution in [0.4, 0.5) is 11.4 Å². The summed E-state index contributed by atoms with van der Waals surface area (Å²) >= 11 is 0. The predicted octanol–water partition coefficient (Wildman–Crippen LogP) is 4.40. The Bertz CT molecular complexity index is 692. The van der Waals surface area contributed by atoms with Crippen LogP contribution in [0.25, 0.3) is 0 Å². The molecule has 0 saturated heterocycles. The molecular formula is C21H31Cl2N3O2. The number of aryl methyl sites for hydroxylation is 1. The minimum atomic E-state index is -0.0246. The van der Waals surface area contributed by atoms with Gasteiger partial charge in [0.1, 0.15) is 12.4 Å². The zero-order valence-corrected chi connectivity index (χ0v) is 18.2. The highest BCUT2D eigenvalue weighted by Gasteiger charge is 2.06. The molecule has 0 heterocycles. The van der Waals surface area contributed by atoms with Crippen LogP contribution in [0.1, 0.15) is 25.8 Å². The minimum Gasteiger partial charge on any atom is -0.492 e. The third kappa shape index (κ3) is 8.83. The summed E-state index contributed by atoms with van der Waals surface area (Å²) in [5.41, 5.74) is 8.40. The second-order valence-electron chi connectivity index (χ2n) is 6.15. The molecule has 0 saturated carbocycles. The summed E-state index contributed by atoms with van der Waals surface area (Å²) in [5, 5.41) is 2.91. The van der Waals surface area contributed by atoms with Crippen LogP contribution in [0.15, 0.2) is 48.5 Å². The van der Waals surface area contributed by atoms with Gasteiger partial charge in [-0.1, -0.05) is 32.0 Å². The molecule has 2 rings (SSSR count). The Labute approximate surface area is 180 Å². The maximum absolute atomic E-state index is 12.1. The van der Waals surface area contributed by atoms with E-state index in [-0.39, 0.29) is 30.7 Å². The van der Waals surface area contributed by atoms with Crippen molar-refractivity contribution in [1.82, 2.24) is 4.90 Å². The van der Waals surface area contributed by atoms with Gasteiger partial charge in [0, 0.05) is 24.3 Å². The second-order valence-corrected chi connectivity index (χ2v) is 6.15. The number of ether oxygens (including phenoxy) is 1. The summed E-state index contributed by atoms with van der Waals surface area (Å²) in [6, 6.07) is 15.1. The highest BCUT2D eigenvalue weighted by molar-refractivity contribution is 5.91. The lowest BCUT2D eigenvalue weighted by Gasteiger charge is -2.18. The first-order chi connectivity index (χ1) is 12.6. The van der Waals surface area contributed by atoms with Gasteiger partial charge in [-0.3, -0.25) is 4.79 Å². The van der Waals surface area contributed by atoms with Crippen molar-refractivity contribution in [3.8, 4) is 5.75 Å². The van der Waals surface area contributed by atoms with E-state index in [4.69, 9.17) is 10.5 Å². The number of nitrogens with two attached hydrogens (primary N) is 1. The molecule has 28 heavy (non-hydrogen) atoms. The first-order valence-electron chi connectivity index (χ1n) is 9.20. The van der Waals surface area contributed by atoms with E-state index in [1.807, 2.05) is 48.5 Å². The van der Waals surface area contributed by atoms with E-state index in [9.17, 15) is 4.79 Å². The molecular weight excluding hydrogens is 397 g/mol. The van der Waals surface area contributed by atoms with Crippen LogP contribution in [0.2, 0.25) is 0 Å². The summed E-state index contributed by atoms with van der Waals surface area (Å²) in [7, 11) is 0. The van der Waals surface area contributed by atoms with Crippen molar-refractivity contribution in [2.24, 2.45) is 0 Å². The van der Waals surface area contributed by atoms with Gasteiger partial charge in [0.15, 0.2) is 0 Å². The number of para-hydroxylation sites is 1. The van der Waals surface area contributed by atoms with Gasteiger partial charge < -0.3 is 20.7 Å². The number of nitrogen functional groups attached to an aromatic ring is 1. The van der Waals surface area contributed by atoms with Gasteiger partial charge in [-0.2, -0.15) is 0 Å². The van der Waals surface area contributed by atoms with Gasteiger partial charge in [-0.05, 0) is 55.4 Å². The fraction of sp³-hybridized carbons (Fsp3) is 0.381. The van der Waals surface area contributed by atoms with Crippen LogP contribution in [-0.2, 0) is 11.2 Å². The van der Waals surface area contributed by atoms with Crippen LogP contribution < -0.4 is 15.8 Å². The van der Waals surface area contributed by atoms with Gasteiger partial charge in [-0.25, -0.2) is 0 Å². The molecule has 2 aromatic carbocycles. The molecule has 0 unspecified atom stereocenters. The molecule has 2 aromatic rings. The van der Waals surface area contributed by atoms with Crippen molar-refractivity contribution in [3.05, 3.63) is 54.1 Å². The van der Waals surface area contributed by atoms with Crippen molar-refractivity contribution >= 4 is 42.1 Å². The number of rotatable bonds is 10. The number of hydrogen-bond donors (Lipinski definition) is 2. The number of carbonyl (C=O) groups is 1. The molecule has 1 amide bonds. The molecule has 0 atom stereocenters. The van der Waals surface area contributed by atoms with Crippen molar-refractivity contribution in [1.29, 1.82) is 0 Å². The number of nitrogens with one attached hydrogen (secondary N) is 1. The van der Waals surface area contributed by atoms with Crippen molar-refractivity contribution in [3.63, 3.8) is 0 Å². The monoisotopic (exact) mass is 427 g/mol. The lowest BCUT2D eigenvalue weighted by molar-refractivity contribution is -0.116. The smallest absolute Gasteiger partial charge is 0.224 e. The van der Waals surface area contributed by atoms with E-state index in [0.717, 1.165) is 42.3 Å². The Morgan fingerprint density at radius 1 is 1.04 bits per heavy atom. The van der Waals surface area contributed by atoms with Gasteiger partial charge in [0.2, 0.25) is 5.91 Å². The van der Waals surface area contributed by atoms with Crippen LogP contribution >= 0.6 is 24.8 Å². The van der Waals surface area contributed by atoms with Crippen molar-refractivity contribution in [2.45, 2.75) is 26.7 Å². The van der Waals surface area contributed by atoms with E-state index in [0.29, 0.717) is 19.4 Å². The first-order valence-corrected chi connectivity index (χ1v) is 9.20. The minimum absolute atomic E-state index is 0. The molecule has 7 heteroatoms. The van der Waals surface area contributed by atoms with Crippen molar-refractivity contribution in [2.75, 3.05) is 37.3 Å². The maximum atomic E-state index is 12.1. The summed E-state index contributed by atoms with van der Waals surface area (Å²) in [4.78, 5) is 14.4. The molecule has 156 valence electrons. The van der Waals surface area contributed by atoms with E-state index in [2.05, 4.69) is 24.1 Å². The topological polar surface area (TPSA) is 67.6 Å². The molecule has 0 aliphatic heterocycles. The van der Waals surface area contributed by atoms with Gasteiger partial charge in [0.25, 0.3) is 0 Å². The molecule has 0 aliphatic rings. The van der Waals surface area contributed by atoms with Crippen LogP contribution in [-0.4, -0.2) is 37.0 Å². The van der Waals surface area contributed by atoms with E-state index < -0.39 is 0 Å². The van der Waals surface area contributed by atoms with Crippen molar-refractivity contribution < 1.29 is 9.53 Å². The first kappa shape index (κ1) is 26.1. The Hall–Kier alpha value is -1.95. The fourth-order valence-corrected chi connectivity index (χ4v) is 2.70. The van der Waals surface area contributed by atoms with Crippen LogP contribution in [0.3, 0.4) is 0 Å². The molecule has 0 spiro atoms. The van der Waals surface area contributed by atoms with Gasteiger partial charge in [-0.15, -0.1) is 24.8 Å². The number of nitrogens with zero attached hydrogens (tertiary/aromatic N) is 1. The fourth-order valence-electron chi connectivity index (χ4n) is 2.70. The summed E-state index contributed by atoms with van der Waals surface area (Å²) < 4.78 is 5.75. The SMILES string of the molecule is CCN(CC)CCOc1ccc(NC(=O)CCc2ccccc2N)cc1.Cl.Cl. The number of halogens is 2. The zero-order valence-electron chi connectivity index (χ0n) is 16.5. The Morgan fingerprint density at radius 2 is 1.68 bits per heavy atom. The largest absolute Gasteiger partial charge is 0.492 e. The Morgan fingerprint density at radius 3 is 2.29 bits per heavy atom. The number of hydrogen-bond acceptors (Lipinski definition) is 4. The number of likely N-dealkylation sites (N-methyl/N-ethyl adjacent to an activating group) is 1. The van der Waals surface area contributed by atoms with Gasteiger partial charge in [0.05, 0.1) is 0 Å². The summed E-state index contributed by atoms with van der Waals surface area (Å²) in [5.74, 6) is 0.788. The standard InChI is InChI=1S/C21H29N3O2.2ClH/c1-3-24(4-2)15-16-26-19-12-10-18(11-13-19)23-21(25)14-9-17-7-5-6-8-20(17)22;;/h5-8,10-13H,3-4,9,14-16,22H2,1-2H3,(H,23,25);2*1H. The van der Waals surface area contributed by atoms with Crippen LogP contribution in [0, 0.1) is 0 Å². The molecule has 0 aliphatic carbocycles. The maximum Gasteiger partial charge on any atom is 0.224 e. The summed E-state index contributed by atoms with van der Waals surface area (Å²) in [6.45, 7) is 7.92. The number of benzene rings is 2. The molecule has 0 fully saturated rings. The Balaban J connectivity index is 0.00000364. The highest BCUT2D eigenvalue weighted by Crippen LogP contribution is 2.17. The zero-order chi connectivity index (χ0) is 18.8. The van der Waals surface area contributed by atoms with E-state index in [1.54, 1.807) is 0 Å². The third-order valence-electron chi connectivity index (χ3n) is 4.39. The third-order valence-corrected chi connectivity index (χ3v) is 4.39. The average molecular weight is 428 g/mol. The molecule has 5 nitrogen and oxygen atoms in total. The number of carbonyl (C=O) groups excluding carboxylic acids is 1. The number of amides is 1. The molecule has 0 radical (unpaired) electrons. The lowest BCUT2D eigenvalue weighted by atomic mass is 10.1. The highest BCUT2D eigenvalue weighted by atomic mass is 35.5. The van der Waals surface area contributed by atoms with E-state index >= 15 is 0 Å². The Kier molecular flexibility index (Phi) is 13.1. The quantitative estimate of drug-likeness (QED) is 0.551. The predicted molar refractivity (Wildman–Crippen MR) is 122 cm³/mol. The lowest BCUT2D eigenvalue weighted by Crippen LogP contribution is -2.27. The summed E-state index contributed by atoms with van der Waals surface area (Å²) in [6.07, 6.45) is 1.03. The number of anilines is 2. The second kappa shape index (κ2) is 14.1. The van der Waals surface area contributed by atoms with E-state index in [1.165, 1.54) is 0 Å². The molecule has 0 bridgehead atoms. The van der Waals surface area contributed by atoms with Crippen LogP contribution in [0.5, 0.6) is 5.75 Å². The van der Waals surface area contributed by atoms with Gasteiger partial charge >= 0.3 is 0 Å². The molecule has 0 aromatic heterocycles. The normalized spacial score (nSPS) is 9.96. The average Bonchev–Trinajstić information content (AvgIpc) is 2.66.